The quantitative estimate of drug-likeness (QED) is 0.648. The topological polar surface area (TPSA) is 68.8 Å². The van der Waals surface area contributed by atoms with E-state index in [4.69, 9.17) is 14.2 Å². The first-order valence-electron chi connectivity index (χ1n) is 8.45. The lowest BCUT2D eigenvalue weighted by Crippen LogP contribution is -2.54. The van der Waals surface area contributed by atoms with Gasteiger partial charge in [0.05, 0.1) is 13.7 Å². The minimum atomic E-state index is -0.671. The Morgan fingerprint density at radius 2 is 1.88 bits per heavy atom. The minimum Gasteiger partial charge on any atom is -0.497 e. The molecule has 2 rings (SSSR count). The number of piperidine rings is 1. The molecule has 0 unspecified atom stereocenters. The van der Waals surface area contributed by atoms with Crippen LogP contribution in [0.4, 0.5) is 0 Å². The zero-order valence-electron chi connectivity index (χ0n) is 15.0. The highest BCUT2D eigenvalue weighted by Gasteiger charge is 2.39. The Balaban J connectivity index is 0.00000312. The van der Waals surface area contributed by atoms with Gasteiger partial charge in [0.1, 0.15) is 11.4 Å². The Bertz CT molecular complexity index is 504. The van der Waals surface area contributed by atoms with Crippen LogP contribution in [0.3, 0.4) is 0 Å². The molecule has 1 fully saturated rings. The molecule has 0 atom stereocenters. The molecule has 25 heavy (non-hydrogen) atoms. The van der Waals surface area contributed by atoms with E-state index in [-0.39, 0.29) is 18.3 Å². The number of benzene rings is 1. The maximum Gasteiger partial charge on any atom is 0.252 e. The van der Waals surface area contributed by atoms with Crippen molar-refractivity contribution in [3.05, 3.63) is 29.8 Å². The third-order valence-electron chi connectivity index (χ3n) is 4.39. The normalized spacial score (nSPS) is 15.9. The predicted octanol–water partition coefficient (Wildman–Crippen LogP) is 1.91. The molecule has 0 spiro atoms. The molecule has 1 aromatic carbocycles. The van der Waals surface area contributed by atoms with Crippen molar-refractivity contribution in [1.29, 1.82) is 0 Å². The van der Waals surface area contributed by atoms with E-state index in [1.54, 1.807) is 14.2 Å². The highest BCUT2D eigenvalue weighted by molar-refractivity contribution is 5.85. The Hall–Kier alpha value is -1.34. The van der Waals surface area contributed by atoms with Crippen LogP contribution in [0, 0.1) is 0 Å². The van der Waals surface area contributed by atoms with Crippen LogP contribution in [-0.2, 0) is 20.9 Å². The van der Waals surface area contributed by atoms with E-state index in [1.807, 2.05) is 24.3 Å². The SMILES string of the molecule is COc1ccc(COCCCNC(=O)C2(OC)CCNCC2)cc1.Cl. The molecule has 1 aliphatic heterocycles. The number of hydrogen-bond donors (Lipinski definition) is 2. The standard InChI is InChI=1S/C18H28N2O4.ClH/c1-22-16-6-4-15(5-7-16)14-24-13-3-10-20-17(21)18(23-2)8-11-19-12-9-18;/h4-7,19H,3,8-14H2,1-2H3,(H,20,21);1H. The van der Waals surface area contributed by atoms with Crippen molar-refractivity contribution in [3.8, 4) is 5.75 Å². The van der Waals surface area contributed by atoms with Crippen molar-refractivity contribution in [2.45, 2.75) is 31.5 Å². The highest BCUT2D eigenvalue weighted by Crippen LogP contribution is 2.22. The first kappa shape index (κ1) is 21.7. The van der Waals surface area contributed by atoms with Crippen LogP contribution in [-0.4, -0.2) is 52.0 Å². The zero-order valence-corrected chi connectivity index (χ0v) is 15.8. The highest BCUT2D eigenvalue weighted by atomic mass is 35.5. The third-order valence-corrected chi connectivity index (χ3v) is 4.39. The van der Waals surface area contributed by atoms with Crippen molar-refractivity contribution < 1.29 is 19.0 Å². The Labute approximate surface area is 156 Å². The molecule has 0 bridgehead atoms. The summed E-state index contributed by atoms with van der Waals surface area (Å²) in [5.74, 6) is 0.827. The van der Waals surface area contributed by atoms with E-state index in [0.29, 0.717) is 32.6 Å². The summed E-state index contributed by atoms with van der Waals surface area (Å²) in [4.78, 5) is 12.3. The van der Waals surface area contributed by atoms with Crippen LogP contribution in [0.25, 0.3) is 0 Å². The molecular weight excluding hydrogens is 344 g/mol. The second-order valence-electron chi connectivity index (χ2n) is 5.96. The van der Waals surface area contributed by atoms with E-state index in [2.05, 4.69) is 10.6 Å². The number of ether oxygens (including phenoxy) is 3. The van der Waals surface area contributed by atoms with Gasteiger partial charge in [-0.1, -0.05) is 12.1 Å². The lowest BCUT2D eigenvalue weighted by atomic mass is 9.91. The monoisotopic (exact) mass is 372 g/mol. The maximum atomic E-state index is 12.3. The molecule has 0 aromatic heterocycles. The van der Waals surface area contributed by atoms with Gasteiger partial charge < -0.3 is 24.8 Å². The molecule has 1 heterocycles. The number of hydrogen-bond acceptors (Lipinski definition) is 5. The molecule has 0 saturated carbocycles. The Kier molecular flexibility index (Phi) is 9.82. The third kappa shape index (κ3) is 6.47. The van der Waals surface area contributed by atoms with Crippen molar-refractivity contribution in [2.75, 3.05) is 40.5 Å². The number of amides is 1. The molecular formula is C18H29ClN2O4. The van der Waals surface area contributed by atoms with Crippen molar-refractivity contribution in [2.24, 2.45) is 0 Å². The Morgan fingerprint density at radius 1 is 1.20 bits per heavy atom. The van der Waals surface area contributed by atoms with E-state index >= 15 is 0 Å². The lowest BCUT2D eigenvalue weighted by molar-refractivity contribution is -0.146. The van der Waals surface area contributed by atoms with Crippen LogP contribution < -0.4 is 15.4 Å². The van der Waals surface area contributed by atoms with Gasteiger partial charge in [0.15, 0.2) is 0 Å². The summed E-state index contributed by atoms with van der Waals surface area (Å²) in [5.41, 5.74) is 0.433. The van der Waals surface area contributed by atoms with E-state index < -0.39 is 5.60 Å². The molecule has 7 heteroatoms. The maximum absolute atomic E-state index is 12.3. The van der Waals surface area contributed by atoms with E-state index in [9.17, 15) is 4.79 Å². The lowest BCUT2D eigenvalue weighted by Gasteiger charge is -2.34. The summed E-state index contributed by atoms with van der Waals surface area (Å²) in [6.45, 7) is 3.39. The first-order chi connectivity index (χ1) is 11.7. The van der Waals surface area contributed by atoms with Gasteiger partial charge in [-0.15, -0.1) is 12.4 Å². The summed E-state index contributed by atoms with van der Waals surface area (Å²) in [6.07, 6.45) is 2.20. The van der Waals surface area contributed by atoms with Gasteiger partial charge in [-0.2, -0.15) is 0 Å². The number of carbonyl (C=O) groups excluding carboxylic acids is 1. The van der Waals surface area contributed by atoms with E-state index in [0.717, 1.165) is 30.8 Å². The summed E-state index contributed by atoms with van der Waals surface area (Å²) < 4.78 is 16.3. The number of halogens is 1. The average Bonchev–Trinajstić information content (AvgIpc) is 2.65. The van der Waals surface area contributed by atoms with Crippen LogP contribution in [0.5, 0.6) is 5.75 Å². The van der Waals surface area contributed by atoms with Crippen LogP contribution in [0.15, 0.2) is 24.3 Å². The fourth-order valence-corrected chi connectivity index (χ4v) is 2.80. The fourth-order valence-electron chi connectivity index (χ4n) is 2.80. The van der Waals surface area contributed by atoms with Gasteiger partial charge in [-0.05, 0) is 50.0 Å². The number of carbonyl (C=O) groups is 1. The molecule has 6 nitrogen and oxygen atoms in total. The van der Waals surface area contributed by atoms with Crippen LogP contribution >= 0.6 is 12.4 Å². The van der Waals surface area contributed by atoms with E-state index in [1.165, 1.54) is 0 Å². The molecule has 0 aliphatic carbocycles. The zero-order chi connectivity index (χ0) is 17.3. The van der Waals surface area contributed by atoms with Gasteiger partial charge in [0.25, 0.3) is 5.91 Å². The molecule has 142 valence electrons. The van der Waals surface area contributed by atoms with Gasteiger partial charge in [0, 0.05) is 20.3 Å². The molecule has 1 aliphatic rings. The molecule has 2 N–H and O–H groups in total. The largest absolute Gasteiger partial charge is 0.497 e. The number of nitrogens with one attached hydrogen (secondary N) is 2. The predicted molar refractivity (Wildman–Crippen MR) is 99.4 cm³/mol. The summed E-state index contributed by atoms with van der Waals surface area (Å²) >= 11 is 0. The average molecular weight is 373 g/mol. The second-order valence-corrected chi connectivity index (χ2v) is 5.96. The second kappa shape index (κ2) is 11.3. The molecule has 1 amide bonds. The Morgan fingerprint density at radius 3 is 2.48 bits per heavy atom. The summed E-state index contributed by atoms with van der Waals surface area (Å²) in [7, 11) is 3.26. The smallest absolute Gasteiger partial charge is 0.252 e. The first-order valence-corrected chi connectivity index (χ1v) is 8.45. The van der Waals surface area contributed by atoms with Crippen molar-refractivity contribution in [1.82, 2.24) is 10.6 Å². The summed E-state index contributed by atoms with van der Waals surface area (Å²) in [5, 5.41) is 6.22. The van der Waals surface area contributed by atoms with Gasteiger partial charge in [-0.25, -0.2) is 0 Å². The van der Waals surface area contributed by atoms with Crippen LogP contribution in [0.1, 0.15) is 24.8 Å². The van der Waals surface area contributed by atoms with Crippen LogP contribution in [0.2, 0.25) is 0 Å². The molecule has 0 radical (unpaired) electrons. The minimum absolute atomic E-state index is 0. The van der Waals surface area contributed by atoms with Gasteiger partial charge in [0.2, 0.25) is 0 Å². The molecule has 1 saturated heterocycles. The number of methoxy groups -OCH3 is 2. The molecule has 1 aromatic rings. The fraction of sp³-hybridized carbons (Fsp3) is 0.611. The van der Waals surface area contributed by atoms with Crippen molar-refractivity contribution >= 4 is 18.3 Å². The van der Waals surface area contributed by atoms with Gasteiger partial charge >= 0.3 is 0 Å². The number of rotatable bonds is 9. The van der Waals surface area contributed by atoms with Crippen molar-refractivity contribution in [3.63, 3.8) is 0 Å². The summed E-state index contributed by atoms with van der Waals surface area (Å²) in [6, 6.07) is 7.81. The van der Waals surface area contributed by atoms with Gasteiger partial charge in [-0.3, -0.25) is 4.79 Å².